The van der Waals surface area contributed by atoms with Gasteiger partial charge in [-0.3, -0.25) is 9.59 Å². The molecule has 2 aromatic rings. The van der Waals surface area contributed by atoms with Gasteiger partial charge in [0.2, 0.25) is 5.91 Å². The summed E-state index contributed by atoms with van der Waals surface area (Å²) < 4.78 is 5.53. The van der Waals surface area contributed by atoms with E-state index in [9.17, 15) is 14.4 Å². The third kappa shape index (κ3) is 5.10. The van der Waals surface area contributed by atoms with Gasteiger partial charge in [0.1, 0.15) is 18.7 Å². The van der Waals surface area contributed by atoms with E-state index in [0.717, 1.165) is 22.3 Å². The third-order valence-corrected chi connectivity index (χ3v) is 5.49. The molecule has 0 radical (unpaired) electrons. The van der Waals surface area contributed by atoms with Crippen LogP contribution in [0.2, 0.25) is 0 Å². The largest absolute Gasteiger partial charge is 0.480 e. The van der Waals surface area contributed by atoms with Gasteiger partial charge in [0.15, 0.2) is 0 Å². The highest BCUT2D eigenvalue weighted by Crippen LogP contribution is 2.44. The Morgan fingerprint density at radius 2 is 1.56 bits per heavy atom. The lowest BCUT2D eigenvalue weighted by atomic mass is 9.98. The number of carbonyl (C=O) groups is 3. The molecule has 0 spiro atoms. The van der Waals surface area contributed by atoms with Crippen LogP contribution < -0.4 is 5.32 Å². The first-order valence-corrected chi connectivity index (χ1v) is 10.7. The van der Waals surface area contributed by atoms with Crippen LogP contribution in [-0.4, -0.2) is 53.2 Å². The van der Waals surface area contributed by atoms with Gasteiger partial charge in [-0.25, -0.2) is 4.79 Å². The number of nitrogens with zero attached hydrogens (tertiary/aromatic N) is 1. The van der Waals surface area contributed by atoms with E-state index in [2.05, 4.69) is 17.4 Å². The van der Waals surface area contributed by atoms with Crippen LogP contribution in [0.1, 0.15) is 44.7 Å². The normalized spacial score (nSPS) is 12.8. The van der Waals surface area contributed by atoms with Gasteiger partial charge in [-0.1, -0.05) is 62.4 Å². The quantitative estimate of drug-likeness (QED) is 0.652. The fourth-order valence-electron chi connectivity index (χ4n) is 4.16. The minimum absolute atomic E-state index is 0.0866. The van der Waals surface area contributed by atoms with Crippen molar-refractivity contribution in [1.29, 1.82) is 0 Å². The first-order valence-electron chi connectivity index (χ1n) is 10.7. The van der Waals surface area contributed by atoms with Gasteiger partial charge >= 0.3 is 12.1 Å². The standard InChI is InChI=1S/C25H30N2O5/c1-16(2)13-27(14-22(28)29)23(30)25(3,4)26-24(31)32-15-21-19-11-7-5-9-17(19)18-10-6-8-12-20(18)21/h5-12,16,21H,13-15H2,1-4H3,(H,26,31)(H,28,29). The van der Waals surface area contributed by atoms with E-state index in [1.807, 2.05) is 50.2 Å². The zero-order valence-corrected chi connectivity index (χ0v) is 18.9. The Morgan fingerprint density at radius 1 is 1.03 bits per heavy atom. The average molecular weight is 439 g/mol. The maximum Gasteiger partial charge on any atom is 0.408 e. The molecule has 2 N–H and O–H groups in total. The predicted molar refractivity (Wildman–Crippen MR) is 121 cm³/mol. The second kappa shape index (κ2) is 9.42. The number of aliphatic carboxylic acids is 1. The summed E-state index contributed by atoms with van der Waals surface area (Å²) in [5.41, 5.74) is 3.14. The molecule has 0 bridgehead atoms. The lowest BCUT2D eigenvalue weighted by molar-refractivity contribution is -0.147. The van der Waals surface area contributed by atoms with Crippen molar-refractivity contribution < 1.29 is 24.2 Å². The predicted octanol–water partition coefficient (Wildman–Crippen LogP) is 3.87. The van der Waals surface area contributed by atoms with E-state index < -0.39 is 30.1 Å². The zero-order valence-electron chi connectivity index (χ0n) is 18.9. The summed E-state index contributed by atoms with van der Waals surface area (Å²) >= 11 is 0. The zero-order chi connectivity index (χ0) is 23.5. The summed E-state index contributed by atoms with van der Waals surface area (Å²) in [5.74, 6) is -1.57. The summed E-state index contributed by atoms with van der Waals surface area (Å²) in [6, 6.07) is 16.1. The molecule has 0 saturated carbocycles. The van der Waals surface area contributed by atoms with Crippen LogP contribution in [0.25, 0.3) is 11.1 Å². The number of ether oxygens (including phenoxy) is 1. The molecule has 0 saturated heterocycles. The second-order valence-corrected chi connectivity index (χ2v) is 9.05. The van der Waals surface area contributed by atoms with Crippen LogP contribution in [0.15, 0.2) is 48.5 Å². The molecular weight excluding hydrogens is 408 g/mol. The minimum atomic E-state index is -1.31. The van der Waals surface area contributed by atoms with Crippen molar-refractivity contribution in [2.75, 3.05) is 19.7 Å². The number of carbonyl (C=O) groups excluding carboxylic acids is 2. The molecule has 170 valence electrons. The molecule has 2 aromatic carbocycles. The first-order chi connectivity index (χ1) is 15.1. The van der Waals surface area contributed by atoms with Crippen LogP contribution in [0.5, 0.6) is 0 Å². The summed E-state index contributed by atoms with van der Waals surface area (Å²) in [6.45, 7) is 6.88. The van der Waals surface area contributed by atoms with Crippen molar-refractivity contribution >= 4 is 18.0 Å². The first kappa shape index (κ1) is 23.3. The summed E-state index contributed by atoms with van der Waals surface area (Å²) in [6.07, 6.45) is -0.718. The molecule has 0 heterocycles. The van der Waals surface area contributed by atoms with Crippen LogP contribution >= 0.6 is 0 Å². The summed E-state index contributed by atoms with van der Waals surface area (Å²) in [7, 11) is 0. The highest BCUT2D eigenvalue weighted by atomic mass is 16.5. The molecule has 3 rings (SSSR count). The van der Waals surface area contributed by atoms with Crippen molar-refractivity contribution in [3.63, 3.8) is 0 Å². The number of hydrogen-bond acceptors (Lipinski definition) is 4. The van der Waals surface area contributed by atoms with Crippen molar-refractivity contribution in [1.82, 2.24) is 10.2 Å². The highest BCUT2D eigenvalue weighted by Gasteiger charge is 2.36. The lowest BCUT2D eigenvalue weighted by Crippen LogP contribution is -2.57. The van der Waals surface area contributed by atoms with Crippen LogP contribution in [0.3, 0.4) is 0 Å². The molecule has 0 atom stereocenters. The number of amides is 2. The molecule has 32 heavy (non-hydrogen) atoms. The highest BCUT2D eigenvalue weighted by molar-refractivity contribution is 5.91. The Bertz CT molecular complexity index is 969. The number of carboxylic acid groups (broad SMARTS) is 1. The Morgan fingerprint density at radius 3 is 2.06 bits per heavy atom. The molecule has 0 aliphatic heterocycles. The van der Waals surface area contributed by atoms with Gasteiger partial charge in [0, 0.05) is 12.5 Å². The van der Waals surface area contributed by atoms with Crippen molar-refractivity contribution in [3.8, 4) is 11.1 Å². The van der Waals surface area contributed by atoms with E-state index in [1.54, 1.807) is 13.8 Å². The molecular formula is C25H30N2O5. The molecule has 0 aromatic heterocycles. The fraction of sp³-hybridized carbons (Fsp3) is 0.400. The van der Waals surface area contributed by atoms with E-state index in [0.29, 0.717) is 0 Å². The Kier molecular flexibility index (Phi) is 6.87. The summed E-state index contributed by atoms with van der Waals surface area (Å²) in [4.78, 5) is 38.0. The SMILES string of the molecule is CC(C)CN(CC(=O)O)C(=O)C(C)(C)NC(=O)OCC1c2ccccc2-c2ccccc21. The van der Waals surface area contributed by atoms with Gasteiger partial charge in [0.25, 0.3) is 0 Å². The number of rotatable bonds is 8. The average Bonchev–Trinajstić information content (AvgIpc) is 3.04. The molecule has 0 fully saturated rings. The maximum atomic E-state index is 13.0. The smallest absolute Gasteiger partial charge is 0.408 e. The molecule has 1 aliphatic rings. The monoisotopic (exact) mass is 438 g/mol. The minimum Gasteiger partial charge on any atom is -0.480 e. The number of carboxylic acids is 1. The molecule has 7 nitrogen and oxygen atoms in total. The van der Waals surface area contributed by atoms with Gasteiger partial charge in [-0.2, -0.15) is 0 Å². The van der Waals surface area contributed by atoms with E-state index in [-0.39, 0.29) is 25.0 Å². The topological polar surface area (TPSA) is 95.9 Å². The molecule has 7 heteroatoms. The fourth-order valence-corrected chi connectivity index (χ4v) is 4.16. The van der Waals surface area contributed by atoms with Gasteiger partial charge in [0.05, 0.1) is 0 Å². The van der Waals surface area contributed by atoms with Crippen LogP contribution in [0, 0.1) is 5.92 Å². The molecule has 2 amide bonds. The van der Waals surface area contributed by atoms with Crippen molar-refractivity contribution in [2.45, 2.75) is 39.2 Å². The third-order valence-electron chi connectivity index (χ3n) is 5.49. The van der Waals surface area contributed by atoms with E-state index in [1.165, 1.54) is 4.90 Å². The molecule has 0 unspecified atom stereocenters. The Balaban J connectivity index is 1.67. The number of fused-ring (bicyclic) bond motifs is 3. The number of benzene rings is 2. The van der Waals surface area contributed by atoms with Crippen LogP contribution in [-0.2, 0) is 14.3 Å². The Labute approximate surface area is 188 Å². The second-order valence-electron chi connectivity index (χ2n) is 9.05. The number of hydrogen-bond donors (Lipinski definition) is 2. The summed E-state index contributed by atoms with van der Waals surface area (Å²) in [5, 5.41) is 11.8. The van der Waals surface area contributed by atoms with Crippen LogP contribution in [0.4, 0.5) is 4.79 Å². The molecule has 1 aliphatic carbocycles. The number of alkyl carbamates (subject to hydrolysis) is 1. The maximum absolute atomic E-state index is 13.0. The number of nitrogens with one attached hydrogen (secondary N) is 1. The van der Waals surface area contributed by atoms with E-state index in [4.69, 9.17) is 9.84 Å². The van der Waals surface area contributed by atoms with Gasteiger partial charge < -0.3 is 20.1 Å². The van der Waals surface area contributed by atoms with Gasteiger partial charge in [-0.15, -0.1) is 0 Å². The van der Waals surface area contributed by atoms with Crippen molar-refractivity contribution in [3.05, 3.63) is 59.7 Å². The van der Waals surface area contributed by atoms with Gasteiger partial charge in [-0.05, 0) is 42.0 Å². The van der Waals surface area contributed by atoms with E-state index >= 15 is 0 Å². The Hall–Kier alpha value is -3.35. The lowest BCUT2D eigenvalue weighted by Gasteiger charge is -2.32. The van der Waals surface area contributed by atoms with Crippen molar-refractivity contribution in [2.24, 2.45) is 5.92 Å².